The fourth-order valence-corrected chi connectivity index (χ4v) is 0.481. The zero-order chi connectivity index (χ0) is 7.82. The molecule has 0 aliphatic carbocycles. The summed E-state index contributed by atoms with van der Waals surface area (Å²) in [5.74, 6) is 0. The first kappa shape index (κ1) is 8.95. The van der Waals surface area contributed by atoms with E-state index in [1.54, 1.807) is 6.08 Å². The molecular weight excluding hydrogens is 128 g/mol. The number of ether oxygens (including phenoxy) is 1. The maximum absolute atomic E-state index is 10.2. The number of allylic oxidation sites excluding steroid dienone is 2. The molecule has 0 aliphatic heterocycles. The van der Waals surface area contributed by atoms with Crippen LogP contribution < -0.4 is 0 Å². The summed E-state index contributed by atoms with van der Waals surface area (Å²) in [5.41, 5.74) is 0.622. The molecule has 0 bridgehead atoms. The van der Waals surface area contributed by atoms with Crippen molar-refractivity contribution >= 4 is 6.29 Å². The lowest BCUT2D eigenvalue weighted by atomic mass is 10.2. The molecule has 2 heteroatoms. The largest absolute Gasteiger partial charge is 0.501 e. The number of hydrogen-bond acceptors (Lipinski definition) is 2. The number of aldehydes is 1. The van der Waals surface area contributed by atoms with Crippen molar-refractivity contribution in [2.45, 2.75) is 13.3 Å². The molecule has 0 rings (SSSR count). The minimum absolute atomic E-state index is 0.573. The molecule has 10 heavy (non-hydrogen) atoms. The monoisotopic (exact) mass is 140 g/mol. The van der Waals surface area contributed by atoms with E-state index in [0.29, 0.717) is 18.6 Å². The zero-order valence-corrected chi connectivity index (χ0v) is 6.17. The Hall–Kier alpha value is -1.05. The summed E-state index contributed by atoms with van der Waals surface area (Å²) >= 11 is 0. The Labute approximate surface area is 61.2 Å². The molecule has 0 fully saturated rings. The first-order valence-electron chi connectivity index (χ1n) is 3.21. The number of rotatable bonds is 5. The molecule has 0 saturated carbocycles. The van der Waals surface area contributed by atoms with Crippen molar-refractivity contribution in [1.29, 1.82) is 0 Å². The third-order valence-corrected chi connectivity index (χ3v) is 0.933. The van der Waals surface area contributed by atoms with Crippen LogP contribution in [0.5, 0.6) is 0 Å². The molecule has 0 aromatic rings. The molecule has 0 aromatic heterocycles. The second-order valence-corrected chi connectivity index (χ2v) is 1.76. The van der Waals surface area contributed by atoms with Crippen molar-refractivity contribution in [1.82, 2.24) is 0 Å². The van der Waals surface area contributed by atoms with Gasteiger partial charge in [0.05, 0.1) is 12.9 Å². The molecule has 0 spiro atoms. The molecule has 0 aliphatic rings. The lowest BCUT2D eigenvalue weighted by molar-refractivity contribution is -0.105. The van der Waals surface area contributed by atoms with E-state index < -0.39 is 0 Å². The summed E-state index contributed by atoms with van der Waals surface area (Å²) in [4.78, 5) is 10.2. The highest BCUT2D eigenvalue weighted by Gasteiger charge is 1.89. The van der Waals surface area contributed by atoms with Gasteiger partial charge in [0.25, 0.3) is 0 Å². The Balaban J connectivity index is 3.77. The normalized spacial score (nSPS) is 10.7. The molecule has 0 N–H and O–H groups in total. The quantitative estimate of drug-likeness (QED) is 0.251. The lowest BCUT2D eigenvalue weighted by Crippen LogP contribution is -1.86. The van der Waals surface area contributed by atoms with E-state index in [1.807, 2.05) is 6.92 Å². The topological polar surface area (TPSA) is 26.3 Å². The first-order valence-corrected chi connectivity index (χ1v) is 3.21. The maximum atomic E-state index is 10.2. The van der Waals surface area contributed by atoms with Gasteiger partial charge in [0.1, 0.15) is 6.29 Å². The van der Waals surface area contributed by atoms with Crippen LogP contribution in [0.1, 0.15) is 13.3 Å². The standard InChI is InChI=1S/C8H12O2/c1-3-5-8(6-9)7-10-4-2/h3,6-7H,1,4-5H2,2H3. The van der Waals surface area contributed by atoms with Gasteiger partial charge in [-0.2, -0.15) is 0 Å². The number of hydrogen-bond donors (Lipinski definition) is 0. The van der Waals surface area contributed by atoms with Crippen LogP contribution >= 0.6 is 0 Å². The van der Waals surface area contributed by atoms with Gasteiger partial charge in [-0.1, -0.05) is 6.08 Å². The predicted octanol–water partition coefficient (Wildman–Crippen LogP) is 1.68. The first-order chi connectivity index (χ1) is 4.85. The fraction of sp³-hybridized carbons (Fsp3) is 0.375. The lowest BCUT2D eigenvalue weighted by Gasteiger charge is -1.95. The van der Waals surface area contributed by atoms with Crippen LogP contribution in [-0.2, 0) is 9.53 Å². The van der Waals surface area contributed by atoms with E-state index in [-0.39, 0.29) is 0 Å². The van der Waals surface area contributed by atoms with E-state index >= 15 is 0 Å². The highest BCUT2D eigenvalue weighted by Crippen LogP contribution is 1.97. The highest BCUT2D eigenvalue weighted by atomic mass is 16.5. The van der Waals surface area contributed by atoms with Crippen molar-refractivity contribution in [3.05, 3.63) is 24.5 Å². The molecule has 0 atom stereocenters. The molecule has 56 valence electrons. The summed E-state index contributed by atoms with van der Waals surface area (Å²) in [6.07, 6.45) is 4.48. The Kier molecular flexibility index (Phi) is 5.44. The van der Waals surface area contributed by atoms with Gasteiger partial charge in [0.15, 0.2) is 0 Å². The molecule has 0 saturated heterocycles. The van der Waals surface area contributed by atoms with Gasteiger partial charge in [-0.25, -0.2) is 0 Å². The summed E-state index contributed by atoms with van der Waals surface area (Å²) in [6, 6.07) is 0. The maximum Gasteiger partial charge on any atom is 0.149 e. The molecule has 0 amide bonds. The molecule has 0 radical (unpaired) electrons. The van der Waals surface area contributed by atoms with Crippen molar-refractivity contribution in [2.75, 3.05) is 6.61 Å². The molecule has 0 heterocycles. The third kappa shape index (κ3) is 3.89. The third-order valence-electron chi connectivity index (χ3n) is 0.933. The highest BCUT2D eigenvalue weighted by molar-refractivity contribution is 5.73. The van der Waals surface area contributed by atoms with E-state index in [1.165, 1.54) is 6.26 Å². The van der Waals surface area contributed by atoms with Crippen LogP contribution in [0.15, 0.2) is 24.5 Å². The van der Waals surface area contributed by atoms with E-state index in [9.17, 15) is 4.79 Å². The van der Waals surface area contributed by atoms with Gasteiger partial charge in [0, 0.05) is 5.57 Å². The summed E-state index contributed by atoms with van der Waals surface area (Å²) in [5, 5.41) is 0. The molecule has 2 nitrogen and oxygen atoms in total. The van der Waals surface area contributed by atoms with Crippen LogP contribution in [0.2, 0.25) is 0 Å². The van der Waals surface area contributed by atoms with Gasteiger partial charge < -0.3 is 4.74 Å². The van der Waals surface area contributed by atoms with E-state index in [0.717, 1.165) is 6.29 Å². The SMILES string of the molecule is C=CCC(C=O)=COCC. The average Bonchev–Trinajstić information content (AvgIpc) is 1.98. The smallest absolute Gasteiger partial charge is 0.149 e. The Morgan fingerprint density at radius 3 is 2.80 bits per heavy atom. The molecular formula is C8H12O2. The molecule has 0 aromatic carbocycles. The van der Waals surface area contributed by atoms with Gasteiger partial charge >= 0.3 is 0 Å². The van der Waals surface area contributed by atoms with E-state index in [4.69, 9.17) is 4.74 Å². The van der Waals surface area contributed by atoms with Crippen LogP contribution in [0, 0.1) is 0 Å². The summed E-state index contributed by atoms with van der Waals surface area (Å²) < 4.78 is 4.90. The summed E-state index contributed by atoms with van der Waals surface area (Å²) in [7, 11) is 0. The van der Waals surface area contributed by atoms with Gasteiger partial charge in [-0.15, -0.1) is 6.58 Å². The average molecular weight is 140 g/mol. The predicted molar refractivity (Wildman–Crippen MR) is 40.6 cm³/mol. The summed E-state index contributed by atoms with van der Waals surface area (Å²) in [6.45, 7) is 5.96. The van der Waals surface area contributed by atoms with Crippen molar-refractivity contribution < 1.29 is 9.53 Å². The van der Waals surface area contributed by atoms with Gasteiger partial charge in [-0.05, 0) is 13.3 Å². The fourth-order valence-electron chi connectivity index (χ4n) is 0.481. The van der Waals surface area contributed by atoms with Crippen molar-refractivity contribution in [3.8, 4) is 0 Å². The van der Waals surface area contributed by atoms with Gasteiger partial charge in [0.2, 0.25) is 0 Å². The van der Waals surface area contributed by atoms with Crippen molar-refractivity contribution in [2.24, 2.45) is 0 Å². The van der Waals surface area contributed by atoms with Crippen LogP contribution in [-0.4, -0.2) is 12.9 Å². The second kappa shape index (κ2) is 6.08. The van der Waals surface area contributed by atoms with Crippen molar-refractivity contribution in [3.63, 3.8) is 0 Å². The van der Waals surface area contributed by atoms with E-state index in [2.05, 4.69) is 6.58 Å². The van der Waals surface area contributed by atoms with Crippen LogP contribution in [0.3, 0.4) is 0 Å². The Morgan fingerprint density at radius 1 is 1.70 bits per heavy atom. The minimum atomic E-state index is 0.573. The Morgan fingerprint density at radius 2 is 2.40 bits per heavy atom. The Bertz CT molecular complexity index is 136. The van der Waals surface area contributed by atoms with Gasteiger partial charge in [-0.3, -0.25) is 4.79 Å². The van der Waals surface area contributed by atoms with Crippen LogP contribution in [0.4, 0.5) is 0 Å². The number of carbonyl (C=O) groups excluding carboxylic acids is 1. The van der Waals surface area contributed by atoms with Crippen LogP contribution in [0.25, 0.3) is 0 Å². The minimum Gasteiger partial charge on any atom is -0.501 e. The second-order valence-electron chi connectivity index (χ2n) is 1.76. The number of carbonyl (C=O) groups is 1. The zero-order valence-electron chi connectivity index (χ0n) is 6.17. The molecule has 0 unspecified atom stereocenters.